The summed E-state index contributed by atoms with van der Waals surface area (Å²) in [6, 6.07) is 6.28. The molecule has 1 aliphatic rings. The average Bonchev–Trinajstić information content (AvgIpc) is 3.00. The number of rotatable bonds is 3. The minimum absolute atomic E-state index is 0.775. The highest BCUT2D eigenvalue weighted by Gasteiger charge is 2.24. The van der Waals surface area contributed by atoms with E-state index < -0.39 is 0 Å². The summed E-state index contributed by atoms with van der Waals surface area (Å²) in [5.41, 5.74) is 1.40. The first-order valence-corrected chi connectivity index (χ1v) is 5.28. The van der Waals surface area contributed by atoms with Crippen molar-refractivity contribution in [1.29, 1.82) is 0 Å². The van der Waals surface area contributed by atoms with Crippen LogP contribution in [-0.4, -0.2) is 7.11 Å². The van der Waals surface area contributed by atoms with Crippen molar-refractivity contribution in [2.24, 2.45) is 5.14 Å². The molecule has 1 aromatic rings. The standard InChI is InChI=1S/C10H13NOS/c1-12-9-5-4-8(7-2-3-7)6-10(9)13-11/h4-7H,2-3,11H2,1H3. The van der Waals surface area contributed by atoms with Gasteiger partial charge in [0.25, 0.3) is 0 Å². The molecule has 0 radical (unpaired) electrons. The first kappa shape index (κ1) is 8.91. The van der Waals surface area contributed by atoms with Gasteiger partial charge in [0.05, 0.1) is 12.0 Å². The van der Waals surface area contributed by atoms with Crippen molar-refractivity contribution in [3.8, 4) is 5.75 Å². The van der Waals surface area contributed by atoms with Crippen LogP contribution < -0.4 is 9.88 Å². The Hall–Kier alpha value is -0.670. The summed E-state index contributed by atoms with van der Waals surface area (Å²) in [7, 11) is 1.67. The fraction of sp³-hybridized carbons (Fsp3) is 0.400. The van der Waals surface area contributed by atoms with Crippen LogP contribution in [0.2, 0.25) is 0 Å². The van der Waals surface area contributed by atoms with Crippen molar-refractivity contribution in [1.82, 2.24) is 0 Å². The molecule has 0 bridgehead atoms. The Morgan fingerprint density at radius 3 is 2.77 bits per heavy atom. The van der Waals surface area contributed by atoms with Crippen LogP contribution in [0.15, 0.2) is 23.1 Å². The minimum atomic E-state index is 0.775. The molecule has 1 aromatic carbocycles. The van der Waals surface area contributed by atoms with Crippen molar-refractivity contribution >= 4 is 11.9 Å². The molecule has 13 heavy (non-hydrogen) atoms. The summed E-state index contributed by atoms with van der Waals surface area (Å²) in [5.74, 6) is 1.65. The van der Waals surface area contributed by atoms with E-state index in [2.05, 4.69) is 12.1 Å². The van der Waals surface area contributed by atoms with Crippen LogP contribution in [0.4, 0.5) is 0 Å². The Kier molecular flexibility index (Phi) is 2.47. The number of hydrogen-bond donors (Lipinski definition) is 1. The largest absolute Gasteiger partial charge is 0.496 e. The zero-order valence-corrected chi connectivity index (χ0v) is 8.43. The zero-order chi connectivity index (χ0) is 9.26. The summed E-state index contributed by atoms with van der Waals surface area (Å²) in [5, 5.41) is 5.55. The van der Waals surface area contributed by atoms with E-state index in [0.29, 0.717) is 0 Å². The maximum atomic E-state index is 5.55. The highest BCUT2D eigenvalue weighted by Crippen LogP contribution is 2.42. The molecule has 0 spiro atoms. The van der Waals surface area contributed by atoms with Crippen LogP contribution in [0.3, 0.4) is 0 Å². The van der Waals surface area contributed by atoms with Gasteiger partial charge >= 0.3 is 0 Å². The van der Waals surface area contributed by atoms with Crippen molar-refractivity contribution in [2.75, 3.05) is 7.11 Å². The average molecular weight is 195 g/mol. The first-order valence-electron chi connectivity index (χ1n) is 4.40. The Morgan fingerprint density at radius 1 is 1.46 bits per heavy atom. The van der Waals surface area contributed by atoms with E-state index in [9.17, 15) is 0 Å². The van der Waals surface area contributed by atoms with Crippen molar-refractivity contribution < 1.29 is 4.74 Å². The van der Waals surface area contributed by atoms with Gasteiger partial charge in [-0.25, -0.2) is 0 Å². The highest BCUT2D eigenvalue weighted by atomic mass is 32.2. The summed E-state index contributed by atoms with van der Waals surface area (Å²) in [6.45, 7) is 0. The van der Waals surface area contributed by atoms with Gasteiger partial charge in [0, 0.05) is 0 Å². The second kappa shape index (κ2) is 3.60. The molecule has 2 nitrogen and oxygen atoms in total. The smallest absolute Gasteiger partial charge is 0.133 e. The second-order valence-corrected chi connectivity index (χ2v) is 3.98. The molecule has 3 heteroatoms. The molecule has 0 saturated heterocycles. The quantitative estimate of drug-likeness (QED) is 0.753. The van der Waals surface area contributed by atoms with E-state index in [1.807, 2.05) is 6.07 Å². The number of methoxy groups -OCH3 is 1. The minimum Gasteiger partial charge on any atom is -0.496 e. The lowest BCUT2D eigenvalue weighted by molar-refractivity contribution is 0.404. The molecule has 0 amide bonds. The topological polar surface area (TPSA) is 35.2 Å². The third kappa shape index (κ3) is 1.81. The predicted octanol–water partition coefficient (Wildman–Crippen LogP) is 2.54. The molecule has 1 saturated carbocycles. The van der Waals surface area contributed by atoms with Crippen molar-refractivity contribution in [2.45, 2.75) is 23.7 Å². The monoisotopic (exact) mass is 195 g/mol. The van der Waals surface area contributed by atoms with Crippen LogP contribution in [0.25, 0.3) is 0 Å². The molecule has 2 rings (SSSR count). The van der Waals surface area contributed by atoms with Gasteiger partial charge < -0.3 is 4.74 Å². The lowest BCUT2D eigenvalue weighted by atomic mass is 10.1. The summed E-state index contributed by atoms with van der Waals surface area (Å²) < 4.78 is 5.19. The normalized spacial score (nSPS) is 15.8. The van der Waals surface area contributed by atoms with Crippen LogP contribution >= 0.6 is 11.9 Å². The van der Waals surface area contributed by atoms with Gasteiger partial charge in [0.2, 0.25) is 0 Å². The molecular weight excluding hydrogens is 182 g/mol. The lowest BCUT2D eigenvalue weighted by Crippen LogP contribution is -1.90. The van der Waals surface area contributed by atoms with E-state index in [0.717, 1.165) is 16.6 Å². The number of benzene rings is 1. The third-order valence-electron chi connectivity index (χ3n) is 2.36. The molecule has 0 unspecified atom stereocenters. The maximum absolute atomic E-state index is 5.55. The van der Waals surface area contributed by atoms with Gasteiger partial charge in [-0.05, 0) is 48.4 Å². The number of ether oxygens (including phenoxy) is 1. The molecule has 1 fully saturated rings. The molecule has 70 valence electrons. The van der Waals surface area contributed by atoms with Gasteiger partial charge in [0.15, 0.2) is 0 Å². The second-order valence-electron chi connectivity index (χ2n) is 3.30. The molecule has 0 aliphatic heterocycles. The van der Waals surface area contributed by atoms with Gasteiger partial charge in [-0.2, -0.15) is 0 Å². The van der Waals surface area contributed by atoms with Crippen LogP contribution in [-0.2, 0) is 0 Å². The lowest BCUT2D eigenvalue weighted by Gasteiger charge is -2.07. The Bertz CT molecular complexity index is 310. The van der Waals surface area contributed by atoms with E-state index in [1.165, 1.54) is 30.4 Å². The molecule has 0 aromatic heterocycles. The van der Waals surface area contributed by atoms with Crippen LogP contribution in [0.1, 0.15) is 24.3 Å². The highest BCUT2D eigenvalue weighted by molar-refractivity contribution is 7.97. The third-order valence-corrected chi connectivity index (χ3v) is 2.94. The molecule has 2 N–H and O–H groups in total. The van der Waals surface area contributed by atoms with E-state index in [4.69, 9.17) is 9.88 Å². The Morgan fingerprint density at radius 2 is 2.23 bits per heavy atom. The van der Waals surface area contributed by atoms with E-state index in [-0.39, 0.29) is 0 Å². The SMILES string of the molecule is COc1ccc(C2CC2)cc1SN. The molecule has 1 aliphatic carbocycles. The van der Waals surface area contributed by atoms with Crippen molar-refractivity contribution in [3.05, 3.63) is 23.8 Å². The first-order chi connectivity index (χ1) is 6.35. The van der Waals surface area contributed by atoms with Crippen LogP contribution in [0.5, 0.6) is 5.75 Å². The Balaban J connectivity index is 2.31. The summed E-state index contributed by atoms with van der Waals surface area (Å²) in [6.07, 6.45) is 2.64. The summed E-state index contributed by atoms with van der Waals surface area (Å²) >= 11 is 1.25. The number of nitrogens with two attached hydrogens (primary N) is 1. The maximum Gasteiger partial charge on any atom is 0.133 e. The fourth-order valence-electron chi connectivity index (χ4n) is 1.46. The van der Waals surface area contributed by atoms with Crippen LogP contribution in [0, 0.1) is 0 Å². The number of hydrogen-bond acceptors (Lipinski definition) is 3. The van der Waals surface area contributed by atoms with Gasteiger partial charge in [-0.15, -0.1) is 0 Å². The molecular formula is C10H13NOS. The predicted molar refractivity (Wildman–Crippen MR) is 55.0 cm³/mol. The zero-order valence-electron chi connectivity index (χ0n) is 7.62. The summed E-state index contributed by atoms with van der Waals surface area (Å²) in [4.78, 5) is 1.03. The van der Waals surface area contributed by atoms with Gasteiger partial charge in [0.1, 0.15) is 5.75 Å². The van der Waals surface area contributed by atoms with Gasteiger partial charge in [-0.3, -0.25) is 5.14 Å². The Labute approximate surface area is 82.6 Å². The van der Waals surface area contributed by atoms with E-state index in [1.54, 1.807) is 7.11 Å². The molecule has 0 heterocycles. The van der Waals surface area contributed by atoms with E-state index >= 15 is 0 Å². The molecule has 0 atom stereocenters. The van der Waals surface area contributed by atoms with Gasteiger partial charge in [-0.1, -0.05) is 6.07 Å². The fourth-order valence-corrected chi connectivity index (χ4v) is 1.93. The van der Waals surface area contributed by atoms with Crippen molar-refractivity contribution in [3.63, 3.8) is 0 Å².